The average Bonchev–Trinajstić information content (AvgIpc) is 2.95. The monoisotopic (exact) mass is 306 g/mol. The number of hydrogen-bond donors (Lipinski definition) is 1. The zero-order valence-corrected chi connectivity index (χ0v) is 13.0. The quantitative estimate of drug-likeness (QED) is 0.785. The minimum absolute atomic E-state index is 0.0649. The number of amides is 1. The summed E-state index contributed by atoms with van der Waals surface area (Å²) in [6.07, 6.45) is 0.217. The number of hydrogen-bond acceptors (Lipinski definition) is 3. The van der Waals surface area contributed by atoms with Gasteiger partial charge in [0.25, 0.3) is 0 Å². The zero-order valence-electron chi connectivity index (χ0n) is 13.0. The standard InChI is InChI=1S/C19H18N2O2/c1-14-17(21-19(23-14)16-10-6-3-7-11-16)12-18(22)20-13-15-8-4-2-5-9-15/h2-11H,12-13H2,1H3,(H,20,22). The van der Waals surface area contributed by atoms with Crippen LogP contribution in [0.3, 0.4) is 0 Å². The molecule has 0 bridgehead atoms. The van der Waals surface area contributed by atoms with Crippen molar-refractivity contribution in [2.75, 3.05) is 0 Å². The van der Waals surface area contributed by atoms with Gasteiger partial charge in [0.1, 0.15) is 5.76 Å². The molecule has 2 aromatic carbocycles. The molecule has 23 heavy (non-hydrogen) atoms. The number of benzene rings is 2. The number of nitrogens with zero attached hydrogens (tertiary/aromatic N) is 1. The van der Waals surface area contributed by atoms with Gasteiger partial charge in [0.15, 0.2) is 0 Å². The minimum Gasteiger partial charge on any atom is -0.441 e. The summed E-state index contributed by atoms with van der Waals surface area (Å²) in [4.78, 5) is 16.5. The first-order chi connectivity index (χ1) is 11.2. The van der Waals surface area contributed by atoms with Gasteiger partial charge in [-0.05, 0) is 24.6 Å². The van der Waals surface area contributed by atoms with Crippen molar-refractivity contribution >= 4 is 5.91 Å². The molecule has 0 saturated carbocycles. The Bertz CT molecular complexity index is 780. The molecule has 0 aliphatic heterocycles. The first-order valence-corrected chi connectivity index (χ1v) is 7.55. The number of oxazole rings is 1. The Balaban J connectivity index is 1.64. The van der Waals surface area contributed by atoms with Crippen LogP contribution in [0, 0.1) is 6.92 Å². The predicted molar refractivity (Wildman–Crippen MR) is 88.7 cm³/mol. The number of aromatic nitrogens is 1. The highest BCUT2D eigenvalue weighted by Gasteiger charge is 2.14. The van der Waals surface area contributed by atoms with Crippen molar-refractivity contribution in [2.24, 2.45) is 0 Å². The van der Waals surface area contributed by atoms with Gasteiger partial charge < -0.3 is 9.73 Å². The SMILES string of the molecule is Cc1oc(-c2ccccc2)nc1CC(=O)NCc1ccccc1. The van der Waals surface area contributed by atoms with Gasteiger partial charge in [0, 0.05) is 12.1 Å². The third kappa shape index (κ3) is 3.86. The number of carbonyl (C=O) groups excluding carboxylic acids is 1. The fourth-order valence-electron chi connectivity index (χ4n) is 2.31. The summed E-state index contributed by atoms with van der Waals surface area (Å²) >= 11 is 0. The van der Waals surface area contributed by atoms with E-state index in [1.807, 2.05) is 67.6 Å². The van der Waals surface area contributed by atoms with Crippen LogP contribution in [0.1, 0.15) is 17.0 Å². The summed E-state index contributed by atoms with van der Waals surface area (Å²) in [6.45, 7) is 2.35. The van der Waals surface area contributed by atoms with E-state index in [9.17, 15) is 4.79 Å². The summed E-state index contributed by atoms with van der Waals surface area (Å²) in [6, 6.07) is 19.5. The van der Waals surface area contributed by atoms with Crippen LogP contribution < -0.4 is 5.32 Å². The molecule has 3 rings (SSSR count). The second-order valence-corrected chi connectivity index (χ2v) is 5.33. The van der Waals surface area contributed by atoms with Gasteiger partial charge in [-0.2, -0.15) is 0 Å². The van der Waals surface area contributed by atoms with Crippen molar-refractivity contribution in [1.82, 2.24) is 10.3 Å². The van der Waals surface area contributed by atoms with Crippen LogP contribution in [0.2, 0.25) is 0 Å². The molecular formula is C19H18N2O2. The van der Waals surface area contributed by atoms with Gasteiger partial charge >= 0.3 is 0 Å². The third-order valence-electron chi connectivity index (χ3n) is 3.57. The van der Waals surface area contributed by atoms with Gasteiger partial charge in [0.2, 0.25) is 11.8 Å². The van der Waals surface area contributed by atoms with Crippen LogP contribution in [0.15, 0.2) is 65.1 Å². The van der Waals surface area contributed by atoms with Gasteiger partial charge in [-0.25, -0.2) is 4.98 Å². The van der Waals surface area contributed by atoms with Crippen LogP contribution in [-0.2, 0) is 17.8 Å². The highest BCUT2D eigenvalue weighted by molar-refractivity contribution is 5.78. The maximum absolute atomic E-state index is 12.1. The normalized spacial score (nSPS) is 10.5. The maximum Gasteiger partial charge on any atom is 0.226 e. The van der Waals surface area contributed by atoms with E-state index in [2.05, 4.69) is 10.3 Å². The van der Waals surface area contributed by atoms with E-state index in [-0.39, 0.29) is 12.3 Å². The topological polar surface area (TPSA) is 55.1 Å². The highest BCUT2D eigenvalue weighted by Crippen LogP contribution is 2.21. The molecule has 0 radical (unpaired) electrons. The van der Waals surface area contributed by atoms with Crippen molar-refractivity contribution in [3.8, 4) is 11.5 Å². The van der Waals surface area contributed by atoms with E-state index >= 15 is 0 Å². The molecular weight excluding hydrogens is 288 g/mol. The van der Waals surface area contributed by atoms with E-state index in [1.165, 1.54) is 0 Å². The lowest BCUT2D eigenvalue weighted by atomic mass is 10.2. The van der Waals surface area contributed by atoms with Crippen molar-refractivity contribution < 1.29 is 9.21 Å². The van der Waals surface area contributed by atoms with E-state index in [4.69, 9.17) is 4.42 Å². The zero-order chi connectivity index (χ0) is 16.1. The van der Waals surface area contributed by atoms with Crippen LogP contribution in [0.5, 0.6) is 0 Å². The van der Waals surface area contributed by atoms with Crippen LogP contribution >= 0.6 is 0 Å². The van der Waals surface area contributed by atoms with Crippen molar-refractivity contribution in [1.29, 1.82) is 0 Å². The Hall–Kier alpha value is -2.88. The Kier molecular flexibility index (Phi) is 4.52. The minimum atomic E-state index is -0.0649. The molecule has 0 unspecified atom stereocenters. The van der Waals surface area contributed by atoms with Gasteiger partial charge in [-0.3, -0.25) is 4.79 Å². The Morgan fingerprint density at radius 1 is 1.04 bits per heavy atom. The lowest BCUT2D eigenvalue weighted by Crippen LogP contribution is -2.24. The molecule has 3 aromatic rings. The smallest absolute Gasteiger partial charge is 0.226 e. The van der Waals surface area contributed by atoms with E-state index in [0.29, 0.717) is 23.9 Å². The third-order valence-corrected chi connectivity index (χ3v) is 3.57. The molecule has 0 aliphatic carbocycles. The Morgan fingerprint density at radius 3 is 2.39 bits per heavy atom. The number of aryl methyl sites for hydroxylation is 1. The highest BCUT2D eigenvalue weighted by atomic mass is 16.4. The summed E-state index contributed by atoms with van der Waals surface area (Å²) < 4.78 is 5.67. The van der Waals surface area contributed by atoms with Gasteiger partial charge in [-0.1, -0.05) is 48.5 Å². The average molecular weight is 306 g/mol. The molecule has 4 heteroatoms. The fourth-order valence-corrected chi connectivity index (χ4v) is 2.31. The Labute approximate surface area is 135 Å². The molecule has 0 aliphatic rings. The molecule has 1 heterocycles. The first kappa shape index (κ1) is 15.0. The molecule has 116 valence electrons. The molecule has 0 fully saturated rings. The van der Waals surface area contributed by atoms with Crippen molar-refractivity contribution in [3.63, 3.8) is 0 Å². The van der Waals surface area contributed by atoms with Crippen molar-refractivity contribution in [3.05, 3.63) is 77.7 Å². The maximum atomic E-state index is 12.1. The summed E-state index contributed by atoms with van der Waals surface area (Å²) in [7, 11) is 0. The number of carbonyl (C=O) groups is 1. The predicted octanol–water partition coefficient (Wildman–Crippen LogP) is 3.51. The molecule has 0 atom stereocenters. The number of nitrogens with one attached hydrogen (secondary N) is 1. The molecule has 1 N–H and O–H groups in total. The van der Waals surface area contributed by atoms with E-state index < -0.39 is 0 Å². The van der Waals surface area contributed by atoms with E-state index in [1.54, 1.807) is 0 Å². The van der Waals surface area contributed by atoms with Crippen LogP contribution in [0.4, 0.5) is 0 Å². The number of rotatable bonds is 5. The second-order valence-electron chi connectivity index (χ2n) is 5.33. The van der Waals surface area contributed by atoms with Crippen molar-refractivity contribution in [2.45, 2.75) is 19.9 Å². The summed E-state index contributed by atoms with van der Waals surface area (Å²) in [5.74, 6) is 1.16. The Morgan fingerprint density at radius 2 is 1.70 bits per heavy atom. The lowest BCUT2D eigenvalue weighted by molar-refractivity contribution is -0.120. The lowest BCUT2D eigenvalue weighted by Gasteiger charge is -2.04. The molecule has 0 saturated heterocycles. The largest absolute Gasteiger partial charge is 0.441 e. The van der Waals surface area contributed by atoms with Gasteiger partial charge in [0.05, 0.1) is 12.1 Å². The van der Waals surface area contributed by atoms with Gasteiger partial charge in [-0.15, -0.1) is 0 Å². The summed E-state index contributed by atoms with van der Waals surface area (Å²) in [5, 5.41) is 2.90. The first-order valence-electron chi connectivity index (χ1n) is 7.55. The molecule has 1 amide bonds. The van der Waals surface area contributed by atoms with Crippen LogP contribution in [0.25, 0.3) is 11.5 Å². The fraction of sp³-hybridized carbons (Fsp3) is 0.158. The molecule has 4 nitrogen and oxygen atoms in total. The molecule has 0 spiro atoms. The molecule has 1 aromatic heterocycles. The summed E-state index contributed by atoms with van der Waals surface area (Å²) in [5.41, 5.74) is 2.66. The van der Waals surface area contributed by atoms with Crippen LogP contribution in [-0.4, -0.2) is 10.9 Å². The van der Waals surface area contributed by atoms with E-state index in [0.717, 1.165) is 11.1 Å². The second kappa shape index (κ2) is 6.92.